The van der Waals surface area contributed by atoms with Crippen molar-refractivity contribution in [3.8, 4) is 0 Å². The lowest BCUT2D eigenvalue weighted by atomic mass is 9.95. The van der Waals surface area contributed by atoms with Gasteiger partial charge in [0.1, 0.15) is 36.6 Å². The molecule has 2 rings (SSSR count). The van der Waals surface area contributed by atoms with Crippen LogP contribution in [0.2, 0.25) is 0 Å². The van der Waals surface area contributed by atoms with Crippen molar-refractivity contribution in [2.45, 2.75) is 475 Å². The van der Waals surface area contributed by atoms with E-state index in [0.717, 1.165) is 167 Å². The summed E-state index contributed by atoms with van der Waals surface area (Å²) in [4.78, 5) is 108. The first-order valence-electron chi connectivity index (χ1n) is 43.0. The minimum atomic E-state index is -5.47. The molecule has 2 amide bonds. The van der Waals surface area contributed by atoms with Crippen molar-refractivity contribution in [1.29, 1.82) is 0 Å². The molecule has 2 aliphatic heterocycles. The minimum absolute atomic E-state index is 0.0146. The average molecular weight is 1480 g/mol. The van der Waals surface area contributed by atoms with Crippen LogP contribution in [0, 0.1) is 0 Å². The molecule has 0 radical (unpaired) electrons. The van der Waals surface area contributed by atoms with Gasteiger partial charge in [-0.05, 0) is 70.6 Å². The molecule has 19 nitrogen and oxygen atoms in total. The molecule has 4 N–H and O–H groups in total. The van der Waals surface area contributed by atoms with Crippen LogP contribution >= 0.6 is 7.82 Å². The molecule has 2 heterocycles. The molecule has 2 fully saturated rings. The summed E-state index contributed by atoms with van der Waals surface area (Å²) in [5.41, 5.74) is 0. The monoisotopic (exact) mass is 1480 g/mol. The van der Waals surface area contributed by atoms with Gasteiger partial charge < -0.3 is 53.5 Å². The van der Waals surface area contributed by atoms with E-state index in [0.29, 0.717) is 64.3 Å². The van der Waals surface area contributed by atoms with Gasteiger partial charge in [-0.25, -0.2) is 4.57 Å². The molecule has 0 spiro atoms. The van der Waals surface area contributed by atoms with E-state index < -0.39 is 99.7 Å². The first kappa shape index (κ1) is 95.9. The Morgan fingerprint density at radius 2 is 0.767 bits per heavy atom. The number of amides is 2. The zero-order valence-corrected chi connectivity index (χ0v) is 67.4. The molecule has 0 aliphatic carbocycles. The van der Waals surface area contributed by atoms with Crippen LogP contribution in [-0.4, -0.2) is 130 Å². The lowest BCUT2D eigenvalue weighted by molar-refractivity contribution is -0.273. The number of carbonyl (C=O) groups excluding carboxylic acids is 6. The molecule has 0 bridgehead atoms. The van der Waals surface area contributed by atoms with Gasteiger partial charge in [0.05, 0.1) is 38.5 Å². The van der Waals surface area contributed by atoms with Gasteiger partial charge in [-0.3, -0.25) is 33.3 Å². The highest BCUT2D eigenvalue weighted by Crippen LogP contribution is 2.43. The molecule has 103 heavy (non-hydrogen) atoms. The second kappa shape index (κ2) is 64.8. The number of ether oxygens (including phenoxy) is 6. The van der Waals surface area contributed by atoms with Crippen LogP contribution in [0.25, 0.3) is 0 Å². The third kappa shape index (κ3) is 51.0. The number of aliphatic hydroxyl groups excluding tert-OH is 1. The number of aliphatic hydroxyl groups is 1. The van der Waals surface area contributed by atoms with E-state index in [1.165, 1.54) is 116 Å². The van der Waals surface area contributed by atoms with Gasteiger partial charge in [0.15, 0.2) is 12.4 Å². The highest BCUT2D eigenvalue weighted by atomic mass is 31.2. The number of hydrogen-bond acceptors (Lipinski definition) is 15. The maximum atomic E-state index is 14.9. The maximum Gasteiger partial charge on any atom is 0.470 e. The molecule has 0 saturated carbocycles. The summed E-state index contributed by atoms with van der Waals surface area (Å²) in [7, 11) is -5.47. The van der Waals surface area contributed by atoms with Crippen LogP contribution in [0.5, 0.6) is 0 Å². The van der Waals surface area contributed by atoms with Crippen LogP contribution in [0.4, 0.5) is 0 Å². The quantitative estimate of drug-likeness (QED) is 0.0191. The normalized spacial score (nSPS) is 18.6. The zero-order chi connectivity index (χ0) is 75.2. The number of carbonyl (C=O) groups is 6. The second-order valence-corrected chi connectivity index (χ2v) is 31.7. The molecule has 604 valence electrons. The fraction of sp³-hybridized carbons (Fsp3) is 0.928. The molecule has 2 aliphatic rings. The SMILES string of the molecule is CCCCCCCCCCCC(CC(=O)N[C@H]1[C@H](OC[C@@H]2CCCN2C(=O)CC(CCCCCCCCCCC)OC(=O)CCCCCCCCC)O[C@H](CO)[C@@H](OP(=O)(O)O)[C@@H]1OC(=O)CC(CCCCCCCCCCC)OC(=O)CCCCCCCCC)OC(=O)CCCCCCCCC. The second-order valence-electron chi connectivity index (χ2n) is 30.5. The van der Waals surface area contributed by atoms with Crippen LogP contribution in [0.15, 0.2) is 0 Å². The summed E-state index contributed by atoms with van der Waals surface area (Å²) >= 11 is 0. The first-order valence-corrected chi connectivity index (χ1v) is 44.5. The largest absolute Gasteiger partial charge is 0.470 e. The van der Waals surface area contributed by atoms with E-state index in [4.69, 9.17) is 32.9 Å². The van der Waals surface area contributed by atoms with Gasteiger partial charge in [-0.1, -0.05) is 311 Å². The number of esters is 4. The van der Waals surface area contributed by atoms with Crippen molar-refractivity contribution in [2.24, 2.45) is 0 Å². The number of likely N-dealkylation sites (tertiary alicyclic amines) is 1. The fourth-order valence-corrected chi connectivity index (χ4v) is 15.1. The lowest BCUT2D eigenvalue weighted by Gasteiger charge is -2.45. The maximum absolute atomic E-state index is 14.9. The van der Waals surface area contributed by atoms with Crippen LogP contribution in [0.1, 0.15) is 420 Å². The summed E-state index contributed by atoms with van der Waals surface area (Å²) < 4.78 is 56.2. The fourth-order valence-electron chi connectivity index (χ4n) is 14.5. The van der Waals surface area contributed by atoms with Crippen molar-refractivity contribution in [3.63, 3.8) is 0 Å². The molecular weight excluding hydrogens is 1330 g/mol. The molecule has 0 aromatic carbocycles. The van der Waals surface area contributed by atoms with Gasteiger partial charge in [-0.15, -0.1) is 0 Å². The Kier molecular flexibility index (Phi) is 60.3. The average Bonchev–Trinajstić information content (AvgIpc) is 1.01. The number of nitrogens with zero attached hydrogens (tertiary/aromatic N) is 1. The van der Waals surface area contributed by atoms with E-state index in [2.05, 4.69) is 46.9 Å². The molecule has 3 unspecified atom stereocenters. The Morgan fingerprint density at radius 3 is 1.12 bits per heavy atom. The third-order valence-electron chi connectivity index (χ3n) is 20.8. The minimum Gasteiger partial charge on any atom is -0.462 e. The number of phosphoric ester groups is 1. The number of rotatable bonds is 71. The summed E-state index contributed by atoms with van der Waals surface area (Å²) in [5, 5.41) is 14.0. The van der Waals surface area contributed by atoms with E-state index >= 15 is 0 Å². The van der Waals surface area contributed by atoms with E-state index in [1.54, 1.807) is 4.90 Å². The Labute approximate surface area is 627 Å². The van der Waals surface area contributed by atoms with Crippen molar-refractivity contribution in [3.05, 3.63) is 0 Å². The molecule has 0 aromatic heterocycles. The molecule has 2 saturated heterocycles. The number of phosphoric acid groups is 1. The van der Waals surface area contributed by atoms with Gasteiger partial charge in [0.2, 0.25) is 11.8 Å². The topological polar surface area (TPSA) is 260 Å². The highest BCUT2D eigenvalue weighted by Gasteiger charge is 2.53. The van der Waals surface area contributed by atoms with E-state index in [9.17, 15) is 48.2 Å². The lowest BCUT2D eigenvalue weighted by Crippen LogP contribution is -2.66. The predicted molar refractivity (Wildman–Crippen MR) is 412 cm³/mol. The predicted octanol–water partition coefficient (Wildman–Crippen LogP) is 20.7. The van der Waals surface area contributed by atoms with Crippen molar-refractivity contribution in [2.75, 3.05) is 19.8 Å². The van der Waals surface area contributed by atoms with Crippen molar-refractivity contribution in [1.82, 2.24) is 10.2 Å². The van der Waals surface area contributed by atoms with Crippen LogP contribution in [-0.2, 0) is 66.3 Å². The van der Waals surface area contributed by atoms with Gasteiger partial charge in [0.25, 0.3) is 0 Å². The summed E-state index contributed by atoms with van der Waals surface area (Å²) in [5.74, 6) is -2.94. The Morgan fingerprint density at radius 1 is 0.437 bits per heavy atom. The standard InChI is InChI=1S/C83H155N2O17P/c1-7-13-19-25-31-34-40-43-49-57-70(97-76(89)60-52-46-37-28-22-16-10-4)64-74(87)84-80-82(101-79(92)66-72(59-51-45-42-36-33-27-21-15-9-3)99-78(91)62-54-48-39-30-24-18-12-6)81(102-103(93,94)95)73(67-86)100-83(80)96-68-69-56-55-63-85(69)75(88)65-71(58-50-44-41-35-32-26-20-14-8-2)98-77(90)61-53-47-38-29-23-17-11-5/h69-73,80-83,86H,7-68H2,1-6H3,(H,84,87)(H2,93,94,95)/t69-,70?,71?,72?,73+,80+,81+,82+,83+/m0/s1. The van der Waals surface area contributed by atoms with Gasteiger partial charge in [0, 0.05) is 25.8 Å². The van der Waals surface area contributed by atoms with Crippen molar-refractivity contribution < 1.29 is 81.2 Å². The summed E-state index contributed by atoms with van der Waals surface area (Å²) in [6.07, 6.45) is 43.7. The van der Waals surface area contributed by atoms with Gasteiger partial charge >= 0.3 is 31.7 Å². The Bertz CT molecular complexity index is 2150. The van der Waals surface area contributed by atoms with E-state index in [1.807, 2.05) is 0 Å². The molecule has 9 atom stereocenters. The summed E-state index contributed by atoms with van der Waals surface area (Å²) in [6, 6.07) is -2.10. The summed E-state index contributed by atoms with van der Waals surface area (Å²) in [6.45, 7) is 12.5. The van der Waals surface area contributed by atoms with Gasteiger partial charge in [-0.2, -0.15) is 0 Å². The Balaban J connectivity index is 2.62. The highest BCUT2D eigenvalue weighted by molar-refractivity contribution is 7.46. The molecule has 20 heteroatoms. The smallest absolute Gasteiger partial charge is 0.462 e. The molecular formula is C83H155N2O17P. The van der Waals surface area contributed by atoms with Crippen LogP contribution in [0.3, 0.4) is 0 Å². The zero-order valence-electron chi connectivity index (χ0n) is 66.5. The third-order valence-corrected chi connectivity index (χ3v) is 21.3. The first-order chi connectivity index (χ1) is 50.0. The Hall–Kier alpha value is -3.19. The van der Waals surface area contributed by atoms with Crippen LogP contribution < -0.4 is 5.32 Å². The number of nitrogens with one attached hydrogen (secondary N) is 1. The number of hydrogen-bond donors (Lipinski definition) is 4. The molecule has 0 aromatic rings. The van der Waals surface area contributed by atoms with E-state index in [-0.39, 0.29) is 50.6 Å². The van der Waals surface area contributed by atoms with Crippen molar-refractivity contribution >= 4 is 43.5 Å². The number of unbranched alkanes of at least 4 members (excludes halogenated alkanes) is 42.